The van der Waals surface area contributed by atoms with Crippen molar-refractivity contribution in [2.45, 2.75) is 80.4 Å². The van der Waals surface area contributed by atoms with Crippen LogP contribution in [-0.2, 0) is 34.1 Å². The van der Waals surface area contributed by atoms with E-state index in [1.54, 1.807) is 22.3 Å². The number of halogens is 2. The number of allylic oxidation sites excluding steroid dienone is 2. The van der Waals surface area contributed by atoms with E-state index < -0.39 is 23.2 Å². The Hall–Kier alpha value is -2.18. The normalized spacial score (nSPS) is 17.0. The summed E-state index contributed by atoms with van der Waals surface area (Å²) in [6.45, 7) is 21.1. The zero-order valence-corrected chi connectivity index (χ0v) is 31.5. The molecule has 0 N–H and O–H groups in total. The van der Waals surface area contributed by atoms with Gasteiger partial charge in [-0.15, -0.1) is 0 Å². The fraction of sp³-hybridized carbons (Fsp3) is 0.317. The van der Waals surface area contributed by atoms with Gasteiger partial charge in [0.15, 0.2) is 0 Å². The van der Waals surface area contributed by atoms with E-state index in [0.29, 0.717) is 7.25 Å². The minimum Gasteiger partial charge on any atom is -1.00 e. The molecule has 2 aliphatic rings. The molecule has 0 heterocycles. The Kier molecular flexibility index (Phi) is 10.2. The number of fused-ring (bicyclic) bond motifs is 2. The Morgan fingerprint density at radius 3 is 1.75 bits per heavy atom. The van der Waals surface area contributed by atoms with Crippen molar-refractivity contribution in [3.05, 3.63) is 129 Å². The maximum atomic E-state index is 2.59. The van der Waals surface area contributed by atoms with E-state index >= 15 is 0 Å². The van der Waals surface area contributed by atoms with Gasteiger partial charge >= 0.3 is 267 Å². The predicted molar refractivity (Wildman–Crippen MR) is 179 cm³/mol. The molecule has 0 saturated heterocycles. The molecule has 2 atom stereocenters. The van der Waals surface area contributed by atoms with Crippen LogP contribution in [0.25, 0.3) is 34.4 Å². The van der Waals surface area contributed by atoms with Gasteiger partial charge in [-0.05, 0) is 0 Å². The SMILES string of the molecule is CC1=Cc2c(-c3ccc(C(C)(C)C)cc3)cccc2[CH]1[Zr+2][CH]1C(C)=Cc2c1cc(C(C)(C)C)c(C)c2-c1ccccc1.[Cl-].[Cl-]. The van der Waals surface area contributed by atoms with E-state index in [1.807, 2.05) is 0 Å². The van der Waals surface area contributed by atoms with Crippen LogP contribution < -0.4 is 24.8 Å². The fourth-order valence-corrected chi connectivity index (χ4v) is 11.7. The Balaban J connectivity index is 0.00000221. The van der Waals surface area contributed by atoms with Crippen molar-refractivity contribution in [1.29, 1.82) is 0 Å². The first-order valence-corrected chi connectivity index (χ1v) is 18.3. The number of rotatable bonds is 4. The van der Waals surface area contributed by atoms with Gasteiger partial charge in [0.05, 0.1) is 0 Å². The first-order valence-electron chi connectivity index (χ1n) is 15.4. The largest absolute Gasteiger partial charge is 1.00 e. The van der Waals surface area contributed by atoms with Gasteiger partial charge in [0.2, 0.25) is 0 Å². The smallest absolute Gasteiger partial charge is 1.00 e. The summed E-state index contributed by atoms with van der Waals surface area (Å²) in [7, 11) is 0. The number of hydrogen-bond acceptors (Lipinski definition) is 0. The van der Waals surface area contributed by atoms with E-state index in [4.69, 9.17) is 0 Å². The second kappa shape index (κ2) is 12.9. The number of benzene rings is 4. The van der Waals surface area contributed by atoms with Crippen LogP contribution in [0.4, 0.5) is 0 Å². The molecule has 6 rings (SSSR count). The summed E-state index contributed by atoms with van der Waals surface area (Å²) in [5.74, 6) is 0. The molecule has 226 valence electrons. The zero-order valence-electron chi connectivity index (χ0n) is 27.6. The van der Waals surface area contributed by atoms with Crippen molar-refractivity contribution < 1.29 is 48.0 Å². The molecule has 0 radical (unpaired) electrons. The van der Waals surface area contributed by atoms with E-state index in [2.05, 4.69) is 153 Å². The summed E-state index contributed by atoms with van der Waals surface area (Å²) in [4.78, 5) is 0. The summed E-state index contributed by atoms with van der Waals surface area (Å²) < 4.78 is 1.18. The predicted octanol–water partition coefficient (Wildman–Crippen LogP) is 5.63. The Morgan fingerprint density at radius 1 is 0.568 bits per heavy atom. The molecule has 0 saturated carbocycles. The molecule has 3 heteroatoms. The molecule has 4 aromatic carbocycles. The Morgan fingerprint density at radius 2 is 1.16 bits per heavy atom. The molecule has 0 fully saturated rings. The summed E-state index contributed by atoms with van der Waals surface area (Å²) in [5.41, 5.74) is 19.3. The standard InChI is InChI=1S/C21H23.C20H21.2ClH.Zr/c1-14-11-17-13-19(21(3,4)5)15(2)20(18(17)12-14)16-9-7-6-8-10-16;1-14-12-16-6-5-7-18(19(16)13-14)15-8-10-17(11-9-15)20(2,3)4;;;/h6-13H,1-5H3;5-13H,1-4H3;2*1H;/q;;;;+2/p-2. The van der Waals surface area contributed by atoms with Crippen molar-refractivity contribution >= 4 is 12.2 Å². The minimum atomic E-state index is -0.950. The van der Waals surface area contributed by atoms with E-state index in [0.717, 1.165) is 0 Å². The molecule has 0 bridgehead atoms. The van der Waals surface area contributed by atoms with Crippen LogP contribution >= 0.6 is 0 Å². The molecule has 4 aromatic rings. The van der Waals surface area contributed by atoms with Crippen molar-refractivity contribution in [3.8, 4) is 22.3 Å². The molecular formula is C41H44Cl2Zr. The van der Waals surface area contributed by atoms with Crippen molar-refractivity contribution in [2.24, 2.45) is 0 Å². The molecular weight excluding hydrogens is 655 g/mol. The second-order valence-electron chi connectivity index (χ2n) is 14.5. The van der Waals surface area contributed by atoms with Crippen molar-refractivity contribution in [2.75, 3.05) is 0 Å². The summed E-state index contributed by atoms with van der Waals surface area (Å²) in [5, 5.41) is 0. The van der Waals surface area contributed by atoms with Crippen molar-refractivity contribution in [3.63, 3.8) is 0 Å². The van der Waals surface area contributed by atoms with Crippen molar-refractivity contribution in [1.82, 2.24) is 0 Å². The molecule has 0 nitrogen and oxygen atoms in total. The van der Waals surface area contributed by atoms with Crippen LogP contribution in [-0.4, -0.2) is 0 Å². The molecule has 0 spiro atoms. The first kappa shape index (κ1) is 34.7. The van der Waals surface area contributed by atoms with Crippen LogP contribution in [0, 0.1) is 6.92 Å². The van der Waals surface area contributed by atoms with Gasteiger partial charge in [-0.2, -0.15) is 0 Å². The van der Waals surface area contributed by atoms with Gasteiger partial charge in [-0.3, -0.25) is 0 Å². The molecule has 2 aliphatic carbocycles. The zero-order chi connectivity index (χ0) is 30.0. The van der Waals surface area contributed by atoms with Crippen LogP contribution in [0.3, 0.4) is 0 Å². The molecule has 2 unspecified atom stereocenters. The average molecular weight is 699 g/mol. The molecule has 0 amide bonds. The summed E-state index contributed by atoms with van der Waals surface area (Å²) >= 11 is -0.950. The maximum Gasteiger partial charge on any atom is -1.00 e. The maximum absolute atomic E-state index is 2.59. The summed E-state index contributed by atoms with van der Waals surface area (Å²) in [6, 6.07) is 30.0. The average Bonchev–Trinajstić information content (AvgIpc) is 3.43. The van der Waals surface area contributed by atoms with Gasteiger partial charge in [0, 0.05) is 0 Å². The van der Waals surface area contributed by atoms with E-state index in [1.165, 1.54) is 50.1 Å². The molecule has 0 aromatic heterocycles. The van der Waals surface area contributed by atoms with Gasteiger partial charge < -0.3 is 24.8 Å². The topological polar surface area (TPSA) is 0 Å². The van der Waals surface area contributed by atoms with Gasteiger partial charge in [0.1, 0.15) is 0 Å². The Bertz CT molecular complexity index is 1730. The van der Waals surface area contributed by atoms with E-state index in [-0.39, 0.29) is 35.6 Å². The first-order chi connectivity index (χ1) is 19.8. The summed E-state index contributed by atoms with van der Waals surface area (Å²) in [6.07, 6.45) is 5.04. The second-order valence-corrected chi connectivity index (χ2v) is 18.1. The van der Waals surface area contributed by atoms with Crippen LogP contribution in [0.1, 0.15) is 102 Å². The Labute approximate surface area is 289 Å². The van der Waals surface area contributed by atoms with Gasteiger partial charge in [0.25, 0.3) is 0 Å². The number of hydrogen-bond donors (Lipinski definition) is 0. The van der Waals surface area contributed by atoms with Gasteiger partial charge in [-0.25, -0.2) is 0 Å². The third-order valence-electron chi connectivity index (χ3n) is 9.34. The van der Waals surface area contributed by atoms with Crippen LogP contribution in [0.2, 0.25) is 0 Å². The quantitative estimate of drug-likeness (QED) is 0.260. The van der Waals surface area contributed by atoms with Gasteiger partial charge in [-0.1, -0.05) is 0 Å². The van der Waals surface area contributed by atoms with E-state index in [9.17, 15) is 0 Å². The third-order valence-corrected chi connectivity index (χ3v) is 14.7. The molecule has 0 aliphatic heterocycles. The monoisotopic (exact) mass is 696 g/mol. The molecule has 44 heavy (non-hydrogen) atoms. The van der Waals surface area contributed by atoms with Crippen LogP contribution in [0.5, 0.6) is 0 Å². The third kappa shape index (κ3) is 6.27. The van der Waals surface area contributed by atoms with Crippen LogP contribution in [0.15, 0.2) is 90.0 Å². The fourth-order valence-electron chi connectivity index (χ4n) is 7.09. The minimum absolute atomic E-state index is 0.